The van der Waals surface area contributed by atoms with Crippen LogP contribution in [0.15, 0.2) is 54.1 Å². The van der Waals surface area contributed by atoms with Crippen molar-refractivity contribution in [3.8, 4) is 0 Å². The number of hydrogen-bond acceptors (Lipinski definition) is 6. The average Bonchev–Trinajstić information content (AvgIpc) is 3.22. The molecule has 1 aliphatic carbocycles. The number of carbonyl (C=O) groups is 1. The minimum atomic E-state index is -4.48. The van der Waals surface area contributed by atoms with Gasteiger partial charge in [0.15, 0.2) is 9.84 Å². The summed E-state index contributed by atoms with van der Waals surface area (Å²) in [5.74, 6) is -1.32. The number of carboxylic acid groups (broad SMARTS) is 1. The monoisotopic (exact) mass is 523 g/mol. The van der Waals surface area contributed by atoms with Gasteiger partial charge in [-0.25, -0.2) is 13.4 Å². The van der Waals surface area contributed by atoms with E-state index in [-0.39, 0.29) is 11.4 Å². The highest BCUT2D eigenvalue weighted by molar-refractivity contribution is 7.92. The van der Waals surface area contributed by atoms with E-state index in [0.29, 0.717) is 37.3 Å². The van der Waals surface area contributed by atoms with Crippen LogP contribution < -0.4 is 4.90 Å². The number of anilines is 1. The number of rotatable bonds is 6. The van der Waals surface area contributed by atoms with Crippen molar-refractivity contribution in [1.29, 1.82) is 0 Å². The van der Waals surface area contributed by atoms with Gasteiger partial charge in [-0.2, -0.15) is 13.2 Å². The Kier molecular flexibility index (Phi) is 6.67. The Bertz CT molecular complexity index is 1280. The molecule has 2 atom stereocenters. The van der Waals surface area contributed by atoms with Gasteiger partial charge in [-0.3, -0.25) is 9.69 Å². The minimum Gasteiger partial charge on any atom is -0.481 e. The van der Waals surface area contributed by atoms with Gasteiger partial charge in [-0.05, 0) is 62.1 Å². The second-order valence-corrected chi connectivity index (χ2v) is 11.8. The van der Waals surface area contributed by atoms with Crippen LogP contribution in [-0.4, -0.2) is 59.9 Å². The molecule has 2 aliphatic rings. The lowest BCUT2D eigenvalue weighted by Crippen LogP contribution is -2.62. The fourth-order valence-electron chi connectivity index (χ4n) is 5.17. The number of alkyl halides is 3. The Balaban J connectivity index is 1.57. The van der Waals surface area contributed by atoms with Gasteiger partial charge in [-0.15, -0.1) is 6.58 Å². The first-order valence-corrected chi connectivity index (χ1v) is 13.1. The molecule has 1 N–H and O–H groups in total. The highest BCUT2D eigenvalue weighted by Gasteiger charge is 2.41. The van der Waals surface area contributed by atoms with Gasteiger partial charge in [0.1, 0.15) is 11.2 Å². The maximum absolute atomic E-state index is 13.6. The molecular formula is C25H28F3N3O4S. The predicted molar refractivity (Wildman–Crippen MR) is 129 cm³/mol. The smallest absolute Gasteiger partial charge is 0.417 e. The number of aromatic nitrogens is 1. The van der Waals surface area contributed by atoms with Gasteiger partial charge in [0.25, 0.3) is 0 Å². The van der Waals surface area contributed by atoms with E-state index in [1.165, 1.54) is 24.3 Å². The largest absolute Gasteiger partial charge is 0.481 e. The third-order valence-corrected chi connectivity index (χ3v) is 9.02. The standard InChI is InChI=1S/C25H28F3N3O4S/c1-4-22(36(34,35)18-8-5-16-6-9-19(23(32)33)20(16)13-18)30-11-12-31(24(2,3)15-30)21-10-7-17(14-29-21)25(26,27)28/h4-5,7-8,10,13-14,19,22H,1,6,9,11-12,15H2,2-3H3,(H,32,33). The van der Waals surface area contributed by atoms with Crippen molar-refractivity contribution in [2.24, 2.45) is 0 Å². The van der Waals surface area contributed by atoms with Crippen LogP contribution in [0.1, 0.15) is 42.9 Å². The van der Waals surface area contributed by atoms with Crippen LogP contribution in [0.4, 0.5) is 19.0 Å². The van der Waals surface area contributed by atoms with Crippen molar-refractivity contribution in [2.45, 2.75) is 54.6 Å². The highest BCUT2D eigenvalue weighted by Crippen LogP contribution is 2.37. The number of fused-ring (bicyclic) bond motifs is 1. The maximum atomic E-state index is 13.6. The van der Waals surface area contributed by atoms with Crippen molar-refractivity contribution in [3.63, 3.8) is 0 Å². The number of hydrogen-bond donors (Lipinski definition) is 1. The summed E-state index contributed by atoms with van der Waals surface area (Å²) in [6.07, 6.45) is -1.29. The highest BCUT2D eigenvalue weighted by atomic mass is 32.2. The lowest BCUT2D eigenvalue weighted by molar-refractivity contribution is -0.139. The topological polar surface area (TPSA) is 90.8 Å². The zero-order valence-corrected chi connectivity index (χ0v) is 20.8. The average molecular weight is 524 g/mol. The van der Waals surface area contributed by atoms with Gasteiger partial charge in [0, 0.05) is 31.4 Å². The molecule has 0 radical (unpaired) electrons. The van der Waals surface area contributed by atoms with Crippen LogP contribution in [0.5, 0.6) is 0 Å². The molecule has 2 aromatic rings. The summed E-state index contributed by atoms with van der Waals surface area (Å²) in [7, 11) is -3.92. The lowest BCUT2D eigenvalue weighted by atomic mass is 9.98. The van der Waals surface area contributed by atoms with E-state index in [0.717, 1.165) is 17.8 Å². The summed E-state index contributed by atoms with van der Waals surface area (Å²) in [6.45, 7) is 8.44. The van der Waals surface area contributed by atoms with Crippen LogP contribution in [0, 0.1) is 0 Å². The zero-order valence-electron chi connectivity index (χ0n) is 20.0. The molecule has 1 aromatic carbocycles. The number of nitrogens with zero attached hydrogens (tertiary/aromatic N) is 3. The zero-order chi connectivity index (χ0) is 26.5. The van der Waals surface area contributed by atoms with Crippen molar-refractivity contribution < 1.29 is 31.5 Å². The Hall–Kier alpha value is -2.92. The fourth-order valence-corrected chi connectivity index (χ4v) is 6.83. The van der Waals surface area contributed by atoms with E-state index in [2.05, 4.69) is 11.6 Å². The summed E-state index contributed by atoms with van der Waals surface area (Å²) in [6, 6.07) is 6.98. The molecule has 0 saturated carbocycles. The number of aliphatic carboxylic acids is 1. The summed E-state index contributed by atoms with van der Waals surface area (Å²) < 4.78 is 66.0. The first kappa shape index (κ1) is 26.2. The van der Waals surface area contributed by atoms with E-state index in [1.807, 2.05) is 18.7 Å². The molecule has 2 unspecified atom stereocenters. The molecule has 11 heteroatoms. The summed E-state index contributed by atoms with van der Waals surface area (Å²) >= 11 is 0. The number of aryl methyl sites for hydroxylation is 1. The molecule has 194 valence electrons. The van der Waals surface area contributed by atoms with E-state index < -0.39 is 44.4 Å². The Morgan fingerprint density at radius 1 is 1.25 bits per heavy atom. The minimum absolute atomic E-state index is 0.0453. The number of sulfone groups is 1. The molecule has 0 bridgehead atoms. The molecular weight excluding hydrogens is 495 g/mol. The van der Waals surface area contributed by atoms with Gasteiger partial charge >= 0.3 is 12.1 Å². The van der Waals surface area contributed by atoms with Crippen molar-refractivity contribution in [2.75, 3.05) is 24.5 Å². The molecule has 1 fully saturated rings. The Morgan fingerprint density at radius 2 is 1.97 bits per heavy atom. The first-order valence-electron chi connectivity index (χ1n) is 11.5. The number of carboxylic acids is 1. The van der Waals surface area contributed by atoms with E-state index in [9.17, 15) is 31.5 Å². The summed E-state index contributed by atoms with van der Waals surface area (Å²) in [4.78, 5) is 19.3. The van der Waals surface area contributed by atoms with Crippen molar-refractivity contribution in [1.82, 2.24) is 9.88 Å². The quantitative estimate of drug-likeness (QED) is 0.570. The van der Waals surface area contributed by atoms with Crippen LogP contribution in [-0.2, 0) is 27.2 Å². The maximum Gasteiger partial charge on any atom is 0.417 e. The second-order valence-electron chi connectivity index (χ2n) is 9.80. The predicted octanol–water partition coefficient (Wildman–Crippen LogP) is 4.10. The molecule has 4 rings (SSSR count). The lowest BCUT2D eigenvalue weighted by Gasteiger charge is -2.49. The summed E-state index contributed by atoms with van der Waals surface area (Å²) in [5.41, 5.74) is -0.103. The molecule has 2 heterocycles. The normalized spacial score (nSPS) is 21.1. The molecule has 7 nitrogen and oxygen atoms in total. The van der Waals surface area contributed by atoms with Gasteiger partial charge in [-0.1, -0.05) is 12.1 Å². The first-order chi connectivity index (χ1) is 16.8. The molecule has 1 aromatic heterocycles. The second kappa shape index (κ2) is 9.19. The van der Waals surface area contributed by atoms with Crippen molar-refractivity contribution in [3.05, 3.63) is 65.9 Å². The van der Waals surface area contributed by atoms with Gasteiger partial charge < -0.3 is 10.0 Å². The van der Waals surface area contributed by atoms with Crippen molar-refractivity contribution >= 4 is 21.6 Å². The Labute approximate surface area is 208 Å². The number of piperazine rings is 1. The van der Waals surface area contributed by atoms with Crippen LogP contribution in [0.3, 0.4) is 0 Å². The molecule has 1 aliphatic heterocycles. The van der Waals surface area contributed by atoms with Crippen LogP contribution in [0.2, 0.25) is 0 Å². The molecule has 1 saturated heterocycles. The van der Waals surface area contributed by atoms with E-state index in [4.69, 9.17) is 0 Å². The van der Waals surface area contributed by atoms with Gasteiger partial charge in [0.2, 0.25) is 0 Å². The SMILES string of the molecule is C=CC(N1CCN(c2ccc(C(F)(F)F)cn2)C(C)(C)C1)S(=O)(=O)c1ccc2c(c1)C(C(=O)O)CC2. The molecule has 0 spiro atoms. The van der Waals surface area contributed by atoms with E-state index >= 15 is 0 Å². The fraction of sp³-hybridized carbons (Fsp3) is 0.440. The third-order valence-electron chi connectivity index (χ3n) is 6.98. The Morgan fingerprint density at radius 3 is 2.53 bits per heavy atom. The number of halogens is 3. The van der Waals surface area contributed by atoms with Crippen LogP contribution >= 0.6 is 0 Å². The molecule has 36 heavy (non-hydrogen) atoms. The summed E-state index contributed by atoms with van der Waals surface area (Å²) in [5, 5.41) is 8.45. The molecule has 0 amide bonds. The number of benzene rings is 1. The van der Waals surface area contributed by atoms with Crippen LogP contribution in [0.25, 0.3) is 0 Å². The van der Waals surface area contributed by atoms with E-state index in [1.54, 1.807) is 11.0 Å². The number of pyridine rings is 1. The van der Waals surface area contributed by atoms with Gasteiger partial charge in [0.05, 0.1) is 16.4 Å². The third kappa shape index (κ3) is 4.73.